The van der Waals surface area contributed by atoms with Crippen LogP contribution < -0.4 is 16.0 Å². The third-order valence-electron chi connectivity index (χ3n) is 3.69. The van der Waals surface area contributed by atoms with E-state index >= 15 is 0 Å². The number of ether oxygens (including phenoxy) is 1. The molecular formula is C20H23N3O4. The zero-order chi connectivity index (χ0) is 19.5. The van der Waals surface area contributed by atoms with Gasteiger partial charge in [-0.15, -0.1) is 0 Å². The lowest BCUT2D eigenvalue weighted by molar-refractivity contribution is -0.128. The smallest absolute Gasteiger partial charge is 0.407 e. The Labute approximate surface area is 158 Å². The Balaban J connectivity index is 1.63. The number of alkyl carbamates (subject to hydrolysis) is 1. The van der Waals surface area contributed by atoms with Gasteiger partial charge in [0.2, 0.25) is 11.8 Å². The molecule has 0 aliphatic carbocycles. The molecule has 3 amide bonds. The molecule has 0 aliphatic heterocycles. The molecule has 7 heteroatoms. The van der Waals surface area contributed by atoms with Crippen LogP contribution in [0.4, 0.5) is 4.79 Å². The number of carbonyl (C=O) groups is 3. The highest BCUT2D eigenvalue weighted by Gasteiger charge is 2.15. The molecule has 2 aromatic carbocycles. The van der Waals surface area contributed by atoms with Crippen LogP contribution in [0.3, 0.4) is 0 Å². The van der Waals surface area contributed by atoms with E-state index in [1.54, 1.807) is 6.92 Å². The average Bonchev–Trinajstić information content (AvgIpc) is 2.70. The van der Waals surface area contributed by atoms with Crippen LogP contribution in [0.15, 0.2) is 60.7 Å². The second kappa shape index (κ2) is 10.6. The summed E-state index contributed by atoms with van der Waals surface area (Å²) in [6.45, 7) is 1.80. The van der Waals surface area contributed by atoms with Gasteiger partial charge in [0.25, 0.3) is 0 Å². The molecule has 0 bridgehead atoms. The first-order valence-corrected chi connectivity index (χ1v) is 8.60. The molecule has 0 fully saturated rings. The Bertz CT molecular complexity index is 750. The van der Waals surface area contributed by atoms with E-state index in [1.807, 2.05) is 60.7 Å². The van der Waals surface area contributed by atoms with Crippen molar-refractivity contribution in [1.82, 2.24) is 16.0 Å². The fourth-order valence-electron chi connectivity index (χ4n) is 2.22. The summed E-state index contributed by atoms with van der Waals surface area (Å²) in [5, 5.41) is 7.62. The van der Waals surface area contributed by atoms with E-state index < -0.39 is 18.0 Å². The largest absolute Gasteiger partial charge is 0.445 e. The minimum Gasteiger partial charge on any atom is -0.445 e. The van der Waals surface area contributed by atoms with Gasteiger partial charge < -0.3 is 20.7 Å². The van der Waals surface area contributed by atoms with Crippen LogP contribution in [0.1, 0.15) is 18.1 Å². The molecule has 2 aromatic rings. The van der Waals surface area contributed by atoms with Crippen molar-refractivity contribution in [2.75, 3.05) is 6.54 Å². The average molecular weight is 369 g/mol. The van der Waals surface area contributed by atoms with Gasteiger partial charge in [0, 0.05) is 6.54 Å². The Morgan fingerprint density at radius 2 is 1.48 bits per heavy atom. The third-order valence-corrected chi connectivity index (χ3v) is 3.69. The Morgan fingerprint density at radius 3 is 2.11 bits per heavy atom. The number of amides is 3. The SMILES string of the molecule is C[C@H](NC(=O)CNC(=O)OCc1ccccc1)C(=O)NCc1ccccc1. The third kappa shape index (κ3) is 7.60. The lowest BCUT2D eigenvalue weighted by atomic mass is 10.2. The van der Waals surface area contributed by atoms with Gasteiger partial charge in [0.05, 0.1) is 0 Å². The Hall–Kier alpha value is -3.35. The molecule has 0 heterocycles. The molecular weight excluding hydrogens is 346 g/mol. The van der Waals surface area contributed by atoms with Crippen molar-refractivity contribution >= 4 is 17.9 Å². The van der Waals surface area contributed by atoms with E-state index in [-0.39, 0.29) is 19.1 Å². The van der Waals surface area contributed by atoms with Gasteiger partial charge in [-0.1, -0.05) is 60.7 Å². The Morgan fingerprint density at radius 1 is 0.889 bits per heavy atom. The zero-order valence-corrected chi connectivity index (χ0v) is 15.1. The van der Waals surface area contributed by atoms with E-state index in [0.29, 0.717) is 6.54 Å². The van der Waals surface area contributed by atoms with E-state index in [1.165, 1.54) is 0 Å². The predicted molar refractivity (Wildman–Crippen MR) is 101 cm³/mol. The first-order chi connectivity index (χ1) is 13.0. The van der Waals surface area contributed by atoms with Crippen molar-refractivity contribution in [1.29, 1.82) is 0 Å². The van der Waals surface area contributed by atoms with Crippen LogP contribution in [0.2, 0.25) is 0 Å². The molecule has 2 rings (SSSR count). The maximum atomic E-state index is 12.0. The van der Waals surface area contributed by atoms with Crippen molar-refractivity contribution in [3.8, 4) is 0 Å². The van der Waals surface area contributed by atoms with Gasteiger partial charge in [-0.2, -0.15) is 0 Å². The van der Waals surface area contributed by atoms with Gasteiger partial charge >= 0.3 is 6.09 Å². The molecule has 0 spiro atoms. The van der Waals surface area contributed by atoms with Gasteiger partial charge in [0.1, 0.15) is 19.2 Å². The minimum atomic E-state index is -0.719. The topological polar surface area (TPSA) is 96.5 Å². The standard InChI is InChI=1S/C20H23N3O4/c1-15(19(25)21-12-16-8-4-2-5-9-16)23-18(24)13-22-20(26)27-14-17-10-6-3-7-11-17/h2-11,15H,12-14H2,1H3,(H,21,25)(H,22,26)(H,23,24)/t15-/m0/s1. The molecule has 7 nitrogen and oxygen atoms in total. The summed E-state index contributed by atoms with van der Waals surface area (Å²) in [5.41, 5.74) is 1.81. The van der Waals surface area contributed by atoms with Crippen molar-refractivity contribution < 1.29 is 19.1 Å². The number of carbonyl (C=O) groups excluding carboxylic acids is 3. The van der Waals surface area contributed by atoms with Gasteiger partial charge in [-0.05, 0) is 18.1 Å². The summed E-state index contributed by atoms with van der Waals surface area (Å²) in [6.07, 6.45) is -0.699. The first kappa shape index (κ1) is 20.0. The summed E-state index contributed by atoms with van der Waals surface area (Å²) < 4.78 is 5.01. The van der Waals surface area contributed by atoms with Crippen LogP contribution in [-0.4, -0.2) is 30.5 Å². The zero-order valence-electron chi connectivity index (χ0n) is 15.1. The Kier molecular flexibility index (Phi) is 7.84. The quantitative estimate of drug-likeness (QED) is 0.660. The molecule has 0 unspecified atom stereocenters. The van der Waals surface area contributed by atoms with Crippen molar-refractivity contribution in [3.63, 3.8) is 0 Å². The van der Waals surface area contributed by atoms with Gasteiger partial charge in [0.15, 0.2) is 0 Å². The van der Waals surface area contributed by atoms with Crippen LogP contribution in [0, 0.1) is 0 Å². The maximum Gasteiger partial charge on any atom is 0.407 e. The normalized spacial score (nSPS) is 11.1. The molecule has 1 atom stereocenters. The monoisotopic (exact) mass is 369 g/mol. The minimum absolute atomic E-state index is 0.118. The van der Waals surface area contributed by atoms with Crippen molar-refractivity contribution in [3.05, 3.63) is 71.8 Å². The van der Waals surface area contributed by atoms with E-state index in [4.69, 9.17) is 4.74 Å². The highest BCUT2D eigenvalue weighted by molar-refractivity contribution is 5.89. The lowest BCUT2D eigenvalue weighted by Gasteiger charge is -2.14. The summed E-state index contributed by atoms with van der Waals surface area (Å²) in [6, 6.07) is 17.9. The fourth-order valence-corrected chi connectivity index (χ4v) is 2.22. The highest BCUT2D eigenvalue weighted by atomic mass is 16.5. The number of rotatable bonds is 8. The summed E-state index contributed by atoms with van der Waals surface area (Å²) in [5.74, 6) is -0.784. The second-order valence-corrected chi connectivity index (χ2v) is 5.91. The molecule has 0 aliphatic rings. The van der Waals surface area contributed by atoms with Crippen LogP contribution in [0.25, 0.3) is 0 Å². The van der Waals surface area contributed by atoms with Gasteiger partial charge in [-0.25, -0.2) is 4.79 Å². The number of benzene rings is 2. The van der Waals surface area contributed by atoms with Crippen molar-refractivity contribution in [2.45, 2.75) is 26.1 Å². The molecule has 142 valence electrons. The maximum absolute atomic E-state index is 12.0. The first-order valence-electron chi connectivity index (χ1n) is 8.60. The number of hydrogen-bond acceptors (Lipinski definition) is 4. The van der Waals surface area contributed by atoms with E-state index in [0.717, 1.165) is 11.1 Å². The molecule has 0 saturated carbocycles. The summed E-state index contributed by atoms with van der Waals surface area (Å²) >= 11 is 0. The van der Waals surface area contributed by atoms with Crippen LogP contribution in [-0.2, 0) is 27.5 Å². The molecule has 3 N–H and O–H groups in total. The van der Waals surface area contributed by atoms with Crippen molar-refractivity contribution in [2.24, 2.45) is 0 Å². The molecule has 0 aromatic heterocycles. The number of hydrogen-bond donors (Lipinski definition) is 3. The van der Waals surface area contributed by atoms with Gasteiger partial charge in [-0.3, -0.25) is 9.59 Å². The lowest BCUT2D eigenvalue weighted by Crippen LogP contribution is -2.47. The van der Waals surface area contributed by atoms with Crippen LogP contribution in [0.5, 0.6) is 0 Å². The van der Waals surface area contributed by atoms with E-state index in [9.17, 15) is 14.4 Å². The van der Waals surface area contributed by atoms with Crippen LogP contribution >= 0.6 is 0 Å². The molecule has 0 saturated heterocycles. The second-order valence-electron chi connectivity index (χ2n) is 5.91. The molecule has 0 radical (unpaired) electrons. The fraction of sp³-hybridized carbons (Fsp3) is 0.250. The summed E-state index contributed by atoms with van der Waals surface area (Å²) in [4.78, 5) is 35.5. The molecule has 27 heavy (non-hydrogen) atoms. The number of nitrogens with one attached hydrogen (secondary N) is 3. The predicted octanol–water partition coefficient (Wildman–Crippen LogP) is 1.73. The highest BCUT2D eigenvalue weighted by Crippen LogP contribution is 2.00. The van der Waals surface area contributed by atoms with E-state index in [2.05, 4.69) is 16.0 Å². The summed E-state index contributed by atoms with van der Waals surface area (Å²) in [7, 11) is 0.